The molecule has 2 aliphatic heterocycles. The number of halogens is 1. The third kappa shape index (κ3) is 2.91. The van der Waals surface area contributed by atoms with Gasteiger partial charge in [-0.15, -0.1) is 11.3 Å². The number of carboxylic acids is 1. The lowest BCUT2D eigenvalue weighted by Crippen LogP contribution is -2.46. The molecule has 0 amide bonds. The summed E-state index contributed by atoms with van der Waals surface area (Å²) < 4.78 is 28.4. The Labute approximate surface area is 136 Å². The smallest absolute Gasteiger partial charge is 0.303 e. The quantitative estimate of drug-likeness (QED) is 0.852. The largest absolute Gasteiger partial charge is 0.481 e. The Bertz CT molecular complexity index is 643. The van der Waals surface area contributed by atoms with Gasteiger partial charge in [-0.1, -0.05) is 0 Å². The summed E-state index contributed by atoms with van der Waals surface area (Å²) in [7, 11) is -3.45. The number of hydrogen-bond donors (Lipinski definition) is 1. The van der Waals surface area contributed by atoms with Crippen molar-refractivity contribution < 1.29 is 18.3 Å². The summed E-state index contributed by atoms with van der Waals surface area (Å²) in [6.45, 7) is 0. The third-order valence-electron chi connectivity index (χ3n) is 4.31. The van der Waals surface area contributed by atoms with Gasteiger partial charge in [-0.2, -0.15) is 4.31 Å². The minimum absolute atomic E-state index is 0.0426. The zero-order valence-corrected chi connectivity index (χ0v) is 14.5. The molecule has 0 aliphatic carbocycles. The van der Waals surface area contributed by atoms with Crippen LogP contribution in [0.15, 0.2) is 20.1 Å². The van der Waals surface area contributed by atoms with Crippen molar-refractivity contribution in [3.8, 4) is 0 Å². The number of piperidine rings is 1. The highest BCUT2D eigenvalue weighted by Gasteiger charge is 2.47. The second kappa shape index (κ2) is 5.64. The van der Waals surface area contributed by atoms with Crippen LogP contribution in [0.2, 0.25) is 0 Å². The summed E-state index contributed by atoms with van der Waals surface area (Å²) in [5.74, 6) is -0.695. The minimum atomic E-state index is -3.45. The maximum absolute atomic E-state index is 12.8. The SMILES string of the molecule is O=C(O)CC1CC2CCC(C1)N2S(=O)(=O)c1ccc(Br)s1. The number of hydrogen-bond acceptors (Lipinski definition) is 4. The molecule has 0 spiro atoms. The van der Waals surface area contributed by atoms with Crippen LogP contribution in [-0.2, 0) is 14.8 Å². The Morgan fingerprint density at radius 3 is 2.43 bits per heavy atom. The summed E-state index contributed by atoms with van der Waals surface area (Å²) in [6.07, 6.45) is 3.15. The Hall–Kier alpha value is -0.440. The van der Waals surface area contributed by atoms with E-state index in [1.165, 1.54) is 11.3 Å². The van der Waals surface area contributed by atoms with Crippen molar-refractivity contribution in [1.29, 1.82) is 0 Å². The standard InChI is InChI=1S/C13H16BrNO4S2/c14-11-3-4-13(20-11)21(18,19)15-9-1-2-10(15)6-8(5-9)7-12(16)17/h3-4,8-10H,1-2,5-7H2,(H,16,17). The number of sulfonamides is 1. The molecule has 3 heterocycles. The first-order valence-corrected chi connectivity index (χ1v) is 9.93. The predicted molar refractivity (Wildman–Crippen MR) is 82.8 cm³/mol. The van der Waals surface area contributed by atoms with Gasteiger partial charge >= 0.3 is 5.97 Å². The fourth-order valence-electron chi connectivity index (χ4n) is 3.59. The second-order valence-corrected chi connectivity index (χ2v) is 10.2. The first-order valence-electron chi connectivity index (χ1n) is 6.88. The molecule has 0 saturated carbocycles. The molecule has 1 N–H and O–H groups in total. The second-order valence-electron chi connectivity index (χ2n) is 5.71. The molecule has 0 radical (unpaired) electrons. The van der Waals surface area contributed by atoms with Crippen LogP contribution in [0.3, 0.4) is 0 Å². The fourth-order valence-corrected chi connectivity index (χ4v) is 7.60. The van der Waals surface area contributed by atoms with E-state index in [4.69, 9.17) is 5.11 Å². The van der Waals surface area contributed by atoms with E-state index in [1.807, 2.05) is 0 Å². The van der Waals surface area contributed by atoms with Crippen molar-refractivity contribution in [3.05, 3.63) is 15.9 Å². The maximum Gasteiger partial charge on any atom is 0.303 e. The summed E-state index contributed by atoms with van der Waals surface area (Å²) in [4.78, 5) is 10.9. The summed E-state index contributed by atoms with van der Waals surface area (Å²) in [6, 6.07) is 3.29. The molecule has 21 heavy (non-hydrogen) atoms. The van der Waals surface area contributed by atoms with Gasteiger partial charge in [-0.25, -0.2) is 8.42 Å². The van der Waals surface area contributed by atoms with Gasteiger partial charge in [0.1, 0.15) is 4.21 Å². The predicted octanol–water partition coefficient (Wildman–Crippen LogP) is 2.92. The van der Waals surface area contributed by atoms with E-state index in [2.05, 4.69) is 15.9 Å². The lowest BCUT2D eigenvalue weighted by molar-refractivity contribution is -0.138. The molecule has 2 aliphatic rings. The monoisotopic (exact) mass is 393 g/mol. The molecule has 2 unspecified atom stereocenters. The third-order valence-corrected chi connectivity index (χ3v) is 8.40. The van der Waals surface area contributed by atoms with Crippen LogP contribution in [-0.4, -0.2) is 35.9 Å². The van der Waals surface area contributed by atoms with Gasteiger partial charge in [0.05, 0.1) is 3.79 Å². The average molecular weight is 394 g/mol. The molecular weight excluding hydrogens is 378 g/mol. The van der Waals surface area contributed by atoms with Gasteiger partial charge in [-0.3, -0.25) is 4.79 Å². The van der Waals surface area contributed by atoms with Crippen LogP contribution < -0.4 is 0 Å². The highest BCUT2D eigenvalue weighted by atomic mass is 79.9. The van der Waals surface area contributed by atoms with E-state index < -0.39 is 16.0 Å². The molecule has 2 fully saturated rings. The normalized spacial score (nSPS) is 29.7. The van der Waals surface area contributed by atoms with Crippen LogP contribution in [0.1, 0.15) is 32.1 Å². The lowest BCUT2D eigenvalue weighted by Gasteiger charge is -2.37. The van der Waals surface area contributed by atoms with Gasteiger partial charge in [0, 0.05) is 18.5 Å². The molecule has 1 aromatic rings. The Balaban J connectivity index is 1.83. The molecule has 1 aromatic heterocycles. The molecule has 2 atom stereocenters. The minimum Gasteiger partial charge on any atom is -0.481 e. The number of nitrogens with zero attached hydrogens (tertiary/aromatic N) is 1. The Kier molecular flexibility index (Phi) is 4.15. The molecule has 0 aromatic carbocycles. The zero-order chi connectivity index (χ0) is 15.2. The molecule has 3 rings (SSSR count). The lowest BCUT2D eigenvalue weighted by atomic mass is 9.90. The molecular formula is C13H16BrNO4S2. The van der Waals surface area contributed by atoms with Crippen molar-refractivity contribution in [2.45, 2.75) is 48.4 Å². The molecule has 5 nitrogen and oxygen atoms in total. The summed E-state index contributed by atoms with van der Waals surface area (Å²) in [5, 5.41) is 8.93. The zero-order valence-electron chi connectivity index (χ0n) is 11.2. The topological polar surface area (TPSA) is 74.7 Å². The maximum atomic E-state index is 12.8. The van der Waals surface area contributed by atoms with Gasteiger partial charge in [0.15, 0.2) is 0 Å². The molecule has 8 heteroatoms. The van der Waals surface area contributed by atoms with Crippen molar-refractivity contribution in [2.75, 3.05) is 0 Å². The van der Waals surface area contributed by atoms with Crippen LogP contribution in [0, 0.1) is 5.92 Å². The highest BCUT2D eigenvalue weighted by Crippen LogP contribution is 2.44. The average Bonchev–Trinajstić information content (AvgIpc) is 2.92. The van der Waals surface area contributed by atoms with Gasteiger partial charge < -0.3 is 5.11 Å². The van der Waals surface area contributed by atoms with E-state index in [9.17, 15) is 13.2 Å². The molecule has 2 bridgehead atoms. The first kappa shape index (κ1) is 15.5. The Morgan fingerprint density at radius 2 is 1.95 bits per heavy atom. The van der Waals surface area contributed by atoms with Crippen molar-refractivity contribution >= 4 is 43.3 Å². The van der Waals surface area contributed by atoms with Crippen LogP contribution in [0.4, 0.5) is 0 Å². The van der Waals surface area contributed by atoms with Crippen LogP contribution >= 0.6 is 27.3 Å². The van der Waals surface area contributed by atoms with E-state index in [1.54, 1.807) is 16.4 Å². The molecule has 116 valence electrons. The summed E-state index contributed by atoms with van der Waals surface area (Å²) in [5.41, 5.74) is 0. The van der Waals surface area contributed by atoms with Crippen LogP contribution in [0.5, 0.6) is 0 Å². The molecule has 2 saturated heterocycles. The van der Waals surface area contributed by atoms with E-state index in [0.29, 0.717) is 17.1 Å². The van der Waals surface area contributed by atoms with E-state index in [0.717, 1.165) is 16.6 Å². The fraction of sp³-hybridized carbons (Fsp3) is 0.615. The van der Waals surface area contributed by atoms with Gasteiger partial charge in [-0.05, 0) is 59.7 Å². The number of fused-ring (bicyclic) bond motifs is 2. The number of rotatable bonds is 4. The Morgan fingerprint density at radius 1 is 1.33 bits per heavy atom. The highest BCUT2D eigenvalue weighted by molar-refractivity contribution is 9.11. The number of carbonyl (C=O) groups is 1. The van der Waals surface area contributed by atoms with E-state index >= 15 is 0 Å². The number of carboxylic acid groups (broad SMARTS) is 1. The number of aliphatic carboxylic acids is 1. The van der Waals surface area contributed by atoms with Crippen molar-refractivity contribution in [1.82, 2.24) is 4.31 Å². The summed E-state index contributed by atoms with van der Waals surface area (Å²) >= 11 is 4.53. The van der Waals surface area contributed by atoms with Crippen molar-refractivity contribution in [3.63, 3.8) is 0 Å². The van der Waals surface area contributed by atoms with Crippen molar-refractivity contribution in [2.24, 2.45) is 5.92 Å². The van der Waals surface area contributed by atoms with Gasteiger partial charge in [0.25, 0.3) is 10.0 Å². The number of thiophene rings is 1. The van der Waals surface area contributed by atoms with Gasteiger partial charge in [0.2, 0.25) is 0 Å². The van der Waals surface area contributed by atoms with Crippen LogP contribution in [0.25, 0.3) is 0 Å². The first-order chi connectivity index (χ1) is 9.88. The van der Waals surface area contributed by atoms with E-state index in [-0.39, 0.29) is 24.4 Å².